The maximum atomic E-state index is 10.2. The first-order chi connectivity index (χ1) is 10.1. The predicted molar refractivity (Wildman–Crippen MR) is 74.5 cm³/mol. The van der Waals surface area contributed by atoms with Crippen molar-refractivity contribution in [2.24, 2.45) is 0 Å². The highest BCUT2D eigenvalue weighted by Gasteiger charge is 2.44. The Labute approximate surface area is 123 Å². The SMILES string of the molecule is CSc1nc2c(N)ncnc2n1[C@H]1O[C@@H](CO)[C@@H](O)[C@@H]1O. The van der Waals surface area contributed by atoms with Gasteiger partial charge in [-0.25, -0.2) is 15.0 Å². The Kier molecular flexibility index (Phi) is 3.71. The highest BCUT2D eigenvalue weighted by molar-refractivity contribution is 7.98. The number of fused-ring (bicyclic) bond motifs is 1. The Hall–Kier alpha value is -1.46. The molecule has 1 aliphatic heterocycles. The number of aliphatic hydroxyl groups excluding tert-OH is 3. The summed E-state index contributed by atoms with van der Waals surface area (Å²) in [4.78, 5) is 12.3. The second kappa shape index (κ2) is 5.39. The number of nitrogen functional groups attached to an aromatic ring is 1. The van der Waals surface area contributed by atoms with Crippen LogP contribution in [0, 0.1) is 0 Å². The number of nitrogens with two attached hydrogens (primary N) is 1. The number of thioether (sulfide) groups is 1. The fraction of sp³-hybridized carbons (Fsp3) is 0.545. The molecule has 9 nitrogen and oxygen atoms in total. The first-order valence-electron chi connectivity index (χ1n) is 6.23. The zero-order valence-electron chi connectivity index (χ0n) is 11.1. The third-order valence-electron chi connectivity index (χ3n) is 3.43. The molecule has 0 spiro atoms. The molecule has 0 bridgehead atoms. The minimum absolute atomic E-state index is 0.223. The van der Waals surface area contributed by atoms with Gasteiger partial charge in [0.05, 0.1) is 6.61 Å². The normalized spacial score (nSPS) is 29.3. The van der Waals surface area contributed by atoms with Crippen LogP contribution in [0.25, 0.3) is 11.2 Å². The first kappa shape index (κ1) is 14.5. The summed E-state index contributed by atoms with van der Waals surface area (Å²) in [6, 6.07) is 0. The summed E-state index contributed by atoms with van der Waals surface area (Å²) in [5.41, 5.74) is 6.59. The van der Waals surface area contributed by atoms with Crippen molar-refractivity contribution in [3.05, 3.63) is 6.33 Å². The van der Waals surface area contributed by atoms with E-state index in [1.807, 2.05) is 6.26 Å². The summed E-state index contributed by atoms with van der Waals surface area (Å²) in [5, 5.41) is 29.7. The average molecular weight is 313 g/mol. The molecule has 4 atom stereocenters. The van der Waals surface area contributed by atoms with Gasteiger partial charge in [-0.1, -0.05) is 11.8 Å². The lowest BCUT2D eigenvalue weighted by molar-refractivity contribution is -0.0548. The Balaban J connectivity index is 2.14. The van der Waals surface area contributed by atoms with Gasteiger partial charge in [-0.05, 0) is 6.26 Å². The highest BCUT2D eigenvalue weighted by Crippen LogP contribution is 2.35. The minimum atomic E-state index is -1.21. The van der Waals surface area contributed by atoms with Crippen LogP contribution < -0.4 is 5.73 Å². The molecular formula is C11H15N5O4S. The van der Waals surface area contributed by atoms with Crippen molar-refractivity contribution < 1.29 is 20.1 Å². The van der Waals surface area contributed by atoms with Crippen LogP contribution in [0.1, 0.15) is 6.23 Å². The Morgan fingerprint density at radius 3 is 2.76 bits per heavy atom. The van der Waals surface area contributed by atoms with Crippen molar-refractivity contribution in [1.29, 1.82) is 0 Å². The van der Waals surface area contributed by atoms with Crippen molar-refractivity contribution in [3.8, 4) is 0 Å². The Bertz CT molecular complexity index is 665. The van der Waals surface area contributed by atoms with Crippen molar-refractivity contribution in [3.63, 3.8) is 0 Å². The van der Waals surface area contributed by atoms with Gasteiger partial charge >= 0.3 is 0 Å². The summed E-state index contributed by atoms with van der Waals surface area (Å²) >= 11 is 1.32. The summed E-state index contributed by atoms with van der Waals surface area (Å²) in [6.07, 6.45) is -1.06. The minimum Gasteiger partial charge on any atom is -0.394 e. The molecule has 2 aromatic heterocycles. The number of rotatable bonds is 3. The Morgan fingerprint density at radius 2 is 2.14 bits per heavy atom. The van der Waals surface area contributed by atoms with Gasteiger partial charge in [-0.2, -0.15) is 0 Å². The maximum Gasteiger partial charge on any atom is 0.172 e. The third-order valence-corrected chi connectivity index (χ3v) is 4.08. The zero-order valence-corrected chi connectivity index (χ0v) is 11.9. The van der Waals surface area contributed by atoms with Crippen LogP contribution in [0.4, 0.5) is 5.82 Å². The van der Waals surface area contributed by atoms with Crippen LogP contribution in [0.15, 0.2) is 11.5 Å². The molecule has 114 valence electrons. The largest absolute Gasteiger partial charge is 0.394 e. The second-order valence-corrected chi connectivity index (χ2v) is 5.40. The highest BCUT2D eigenvalue weighted by atomic mass is 32.2. The molecule has 0 unspecified atom stereocenters. The van der Waals surface area contributed by atoms with E-state index in [4.69, 9.17) is 10.5 Å². The molecule has 1 saturated heterocycles. The third kappa shape index (κ3) is 2.15. The quantitative estimate of drug-likeness (QED) is 0.511. The molecule has 1 fully saturated rings. The standard InChI is InChI=1S/C11H15N5O4S/c1-21-11-15-5-8(12)13-3-14-9(5)16(11)10-7(19)6(18)4(2-17)20-10/h3-4,6-7,10,17-19H,2H2,1H3,(H2,12,13,14)/t4-,6+,7-,10-/m0/s1. The topological polar surface area (TPSA) is 140 Å². The maximum absolute atomic E-state index is 10.2. The van der Waals surface area contributed by atoms with E-state index in [1.54, 1.807) is 4.57 Å². The van der Waals surface area contributed by atoms with Crippen molar-refractivity contribution in [2.75, 3.05) is 18.6 Å². The molecule has 10 heteroatoms. The number of anilines is 1. The van der Waals surface area contributed by atoms with Gasteiger partial charge in [0.25, 0.3) is 0 Å². The molecule has 21 heavy (non-hydrogen) atoms. The molecule has 3 rings (SSSR count). The molecule has 3 heterocycles. The average Bonchev–Trinajstić information content (AvgIpc) is 2.99. The van der Waals surface area contributed by atoms with Gasteiger partial charge in [0.2, 0.25) is 0 Å². The Morgan fingerprint density at radius 1 is 1.38 bits per heavy atom. The molecule has 0 radical (unpaired) electrons. The predicted octanol–water partition coefficient (Wildman–Crippen LogP) is -1.26. The number of ether oxygens (including phenoxy) is 1. The van der Waals surface area contributed by atoms with E-state index in [9.17, 15) is 15.3 Å². The van der Waals surface area contributed by atoms with E-state index in [0.717, 1.165) is 0 Å². The smallest absolute Gasteiger partial charge is 0.172 e. The van der Waals surface area contributed by atoms with Gasteiger partial charge in [-0.15, -0.1) is 0 Å². The van der Waals surface area contributed by atoms with Gasteiger partial charge in [0.15, 0.2) is 28.4 Å². The first-order valence-corrected chi connectivity index (χ1v) is 7.45. The van der Waals surface area contributed by atoms with Gasteiger partial charge in [0, 0.05) is 0 Å². The molecule has 0 aromatic carbocycles. The summed E-state index contributed by atoms with van der Waals surface area (Å²) in [7, 11) is 0. The molecule has 1 aliphatic rings. The van der Waals surface area contributed by atoms with Crippen molar-refractivity contribution in [1.82, 2.24) is 19.5 Å². The lowest BCUT2D eigenvalue weighted by atomic mass is 10.1. The zero-order chi connectivity index (χ0) is 15.1. The lowest BCUT2D eigenvalue weighted by Crippen LogP contribution is -2.33. The van der Waals surface area contributed by atoms with E-state index in [0.29, 0.717) is 16.3 Å². The second-order valence-electron chi connectivity index (χ2n) is 4.63. The van der Waals surface area contributed by atoms with E-state index >= 15 is 0 Å². The summed E-state index contributed by atoms with van der Waals surface area (Å²) < 4.78 is 7.09. The van der Waals surface area contributed by atoms with Crippen LogP contribution >= 0.6 is 11.8 Å². The van der Waals surface area contributed by atoms with E-state index in [-0.39, 0.29) is 5.82 Å². The number of aromatic nitrogens is 4. The fourth-order valence-corrected chi connectivity index (χ4v) is 2.94. The molecular weight excluding hydrogens is 298 g/mol. The van der Waals surface area contributed by atoms with E-state index in [2.05, 4.69) is 15.0 Å². The van der Waals surface area contributed by atoms with Crippen molar-refractivity contribution >= 4 is 28.7 Å². The number of nitrogens with zero attached hydrogens (tertiary/aromatic N) is 4. The number of hydrogen-bond acceptors (Lipinski definition) is 9. The summed E-state index contributed by atoms with van der Waals surface area (Å²) in [6.45, 7) is -0.396. The van der Waals surface area contributed by atoms with Gasteiger partial charge in [0.1, 0.15) is 24.6 Å². The van der Waals surface area contributed by atoms with Crippen LogP contribution in [0.5, 0.6) is 0 Å². The lowest BCUT2D eigenvalue weighted by Gasteiger charge is -2.18. The van der Waals surface area contributed by atoms with Crippen LogP contribution in [-0.4, -0.2) is 66.0 Å². The van der Waals surface area contributed by atoms with Crippen LogP contribution in [0.2, 0.25) is 0 Å². The number of hydrogen-bond donors (Lipinski definition) is 4. The fourth-order valence-electron chi connectivity index (χ4n) is 2.37. The van der Waals surface area contributed by atoms with Crippen molar-refractivity contribution in [2.45, 2.75) is 29.7 Å². The van der Waals surface area contributed by atoms with Gasteiger partial charge in [-0.3, -0.25) is 4.57 Å². The molecule has 2 aromatic rings. The van der Waals surface area contributed by atoms with Crippen LogP contribution in [0.3, 0.4) is 0 Å². The number of aliphatic hydroxyl groups is 3. The molecule has 0 amide bonds. The van der Waals surface area contributed by atoms with Gasteiger partial charge < -0.3 is 25.8 Å². The molecule has 5 N–H and O–H groups in total. The molecule has 0 aliphatic carbocycles. The monoisotopic (exact) mass is 313 g/mol. The number of imidazole rings is 1. The van der Waals surface area contributed by atoms with E-state index in [1.165, 1.54) is 18.1 Å². The van der Waals surface area contributed by atoms with E-state index < -0.39 is 31.1 Å². The van der Waals surface area contributed by atoms with Crippen LogP contribution in [-0.2, 0) is 4.74 Å². The molecule has 0 saturated carbocycles. The summed E-state index contributed by atoms with van der Waals surface area (Å²) in [5.74, 6) is 0.223.